The fourth-order valence-corrected chi connectivity index (χ4v) is 6.24. The Kier molecular flexibility index (Phi) is 6.28. The molecule has 1 N–H and O–H groups in total. The zero-order valence-electron chi connectivity index (χ0n) is 21.9. The minimum absolute atomic E-state index is 0.0188. The fourth-order valence-electron chi connectivity index (χ4n) is 6.24. The van der Waals surface area contributed by atoms with Gasteiger partial charge in [0.15, 0.2) is 24.1 Å². The molecule has 11 nitrogen and oxygen atoms in total. The number of amides is 1. The van der Waals surface area contributed by atoms with Crippen LogP contribution in [0.25, 0.3) is 0 Å². The number of likely N-dealkylation sites (tertiary alicyclic amines) is 2. The quantitative estimate of drug-likeness (QED) is 0.547. The molecule has 5 fully saturated rings. The molecule has 0 aromatic rings. The lowest BCUT2D eigenvalue weighted by Crippen LogP contribution is -2.64. The van der Waals surface area contributed by atoms with Gasteiger partial charge in [0.1, 0.15) is 6.04 Å². The van der Waals surface area contributed by atoms with Crippen molar-refractivity contribution >= 4 is 12.1 Å². The molecule has 0 bridgehead atoms. The average molecular weight is 507 g/mol. The molecule has 1 amide bonds. The van der Waals surface area contributed by atoms with Gasteiger partial charge in [-0.05, 0) is 45.4 Å². The summed E-state index contributed by atoms with van der Waals surface area (Å²) < 4.78 is 29.2. The lowest BCUT2D eigenvalue weighted by atomic mass is 9.88. The number of carbonyl (C=O) groups is 2. The Balaban J connectivity index is 1.17. The monoisotopic (exact) mass is 506 g/mol. The first-order valence-electron chi connectivity index (χ1n) is 12.9. The third-order valence-corrected chi connectivity index (χ3v) is 8.16. The van der Waals surface area contributed by atoms with E-state index in [9.17, 15) is 14.9 Å². The van der Waals surface area contributed by atoms with Gasteiger partial charge in [-0.3, -0.25) is 9.69 Å². The van der Waals surface area contributed by atoms with Gasteiger partial charge in [-0.25, -0.2) is 4.79 Å². The SMILES string of the molecule is CC1(C)C[C@@H](C#N)N(C(=O)CNC2(C)CCN(C[C@@]34OC[C@H]5OC(=O)O[C@H]5[C@@H]3OC(C)(C)O4)CC2)C1. The first-order valence-corrected chi connectivity index (χ1v) is 12.9. The largest absolute Gasteiger partial charge is 0.509 e. The second-order valence-electron chi connectivity index (χ2n) is 12.4. The second-order valence-corrected chi connectivity index (χ2v) is 12.4. The van der Waals surface area contributed by atoms with E-state index in [-0.39, 0.29) is 36.1 Å². The summed E-state index contributed by atoms with van der Waals surface area (Å²) in [5.41, 5.74) is -0.229. The van der Waals surface area contributed by atoms with Crippen molar-refractivity contribution in [3.8, 4) is 6.07 Å². The van der Waals surface area contributed by atoms with E-state index in [1.54, 1.807) is 4.90 Å². The van der Waals surface area contributed by atoms with E-state index in [1.165, 1.54) is 0 Å². The highest BCUT2D eigenvalue weighted by Gasteiger charge is 2.65. The molecule has 11 heteroatoms. The highest BCUT2D eigenvalue weighted by atomic mass is 16.9. The Morgan fingerprint density at radius 2 is 1.89 bits per heavy atom. The molecule has 5 aliphatic heterocycles. The number of piperidine rings is 1. The number of fused-ring (bicyclic) bond motifs is 3. The first-order chi connectivity index (χ1) is 16.8. The van der Waals surface area contributed by atoms with Crippen molar-refractivity contribution < 1.29 is 33.3 Å². The van der Waals surface area contributed by atoms with Crippen LogP contribution in [0.4, 0.5) is 4.79 Å². The maximum absolute atomic E-state index is 12.9. The smallest absolute Gasteiger partial charge is 0.424 e. The van der Waals surface area contributed by atoms with Crippen LogP contribution in [-0.2, 0) is 28.5 Å². The third kappa shape index (κ3) is 4.82. The molecule has 0 saturated carbocycles. The van der Waals surface area contributed by atoms with Crippen LogP contribution in [0.3, 0.4) is 0 Å². The summed E-state index contributed by atoms with van der Waals surface area (Å²) in [5, 5.41) is 13.0. The van der Waals surface area contributed by atoms with Gasteiger partial charge < -0.3 is 33.9 Å². The Morgan fingerprint density at radius 3 is 2.58 bits per heavy atom. The molecular weight excluding hydrogens is 468 g/mol. The zero-order chi connectivity index (χ0) is 25.9. The minimum atomic E-state index is -1.05. The maximum atomic E-state index is 12.9. The van der Waals surface area contributed by atoms with Crippen LogP contribution in [0.2, 0.25) is 0 Å². The molecule has 0 radical (unpaired) electrons. The van der Waals surface area contributed by atoms with Crippen LogP contribution in [0.15, 0.2) is 0 Å². The average Bonchev–Trinajstić information content (AvgIpc) is 3.42. The Morgan fingerprint density at radius 1 is 1.17 bits per heavy atom. The van der Waals surface area contributed by atoms with Gasteiger partial charge in [0.2, 0.25) is 11.7 Å². The van der Waals surface area contributed by atoms with Crippen LogP contribution < -0.4 is 5.32 Å². The highest BCUT2D eigenvalue weighted by Crippen LogP contribution is 2.46. The number of hydrogen-bond donors (Lipinski definition) is 1. The lowest BCUT2D eigenvalue weighted by molar-refractivity contribution is -0.287. The van der Waals surface area contributed by atoms with Crippen molar-refractivity contribution in [1.29, 1.82) is 5.26 Å². The Hall–Kier alpha value is -1.97. The summed E-state index contributed by atoms with van der Waals surface area (Å²) >= 11 is 0. The van der Waals surface area contributed by atoms with E-state index >= 15 is 0 Å². The standard InChI is InChI=1S/C25H38N4O7/c1-22(2)10-16(11-26)29(14-22)18(30)12-27-24(5)6-8-28(9-7-24)15-25-20(35-23(3,4)36-25)19-17(13-32-25)33-21(31)34-19/h16-17,19-20,27H,6-10,12-15H2,1-5H3/t16-,17+,19+,20-,25-/m0/s1. The molecule has 0 aromatic heterocycles. The minimum Gasteiger partial charge on any atom is -0.424 e. The lowest BCUT2D eigenvalue weighted by Gasteiger charge is -2.46. The summed E-state index contributed by atoms with van der Waals surface area (Å²) in [7, 11) is 0. The van der Waals surface area contributed by atoms with Crippen molar-refractivity contribution in [2.24, 2.45) is 5.41 Å². The number of rotatable bonds is 5. The van der Waals surface area contributed by atoms with E-state index in [4.69, 9.17) is 23.7 Å². The number of nitriles is 1. The molecule has 0 spiro atoms. The Labute approximate surface area is 212 Å². The summed E-state index contributed by atoms with van der Waals surface area (Å²) in [6, 6.07) is 1.93. The van der Waals surface area contributed by atoms with E-state index in [0.717, 1.165) is 25.9 Å². The van der Waals surface area contributed by atoms with Gasteiger partial charge >= 0.3 is 6.16 Å². The molecule has 5 atom stereocenters. The molecule has 5 rings (SSSR count). The van der Waals surface area contributed by atoms with Crippen molar-refractivity contribution in [2.45, 2.75) is 95.3 Å². The van der Waals surface area contributed by atoms with Crippen LogP contribution in [0.5, 0.6) is 0 Å². The van der Waals surface area contributed by atoms with E-state index in [1.807, 2.05) is 13.8 Å². The van der Waals surface area contributed by atoms with Crippen molar-refractivity contribution in [2.75, 3.05) is 39.3 Å². The fraction of sp³-hybridized carbons (Fsp3) is 0.880. The van der Waals surface area contributed by atoms with E-state index in [2.05, 4.69) is 37.1 Å². The second kappa shape index (κ2) is 8.81. The molecule has 36 heavy (non-hydrogen) atoms. The topological polar surface area (TPSA) is 123 Å². The first kappa shape index (κ1) is 25.7. The van der Waals surface area contributed by atoms with Gasteiger partial charge in [-0.15, -0.1) is 0 Å². The molecule has 0 unspecified atom stereocenters. The molecule has 0 aliphatic carbocycles. The zero-order valence-corrected chi connectivity index (χ0v) is 21.9. The highest BCUT2D eigenvalue weighted by molar-refractivity contribution is 5.79. The predicted octanol–water partition coefficient (Wildman–Crippen LogP) is 1.36. The van der Waals surface area contributed by atoms with Gasteiger partial charge in [-0.1, -0.05) is 13.8 Å². The summed E-state index contributed by atoms with van der Waals surface area (Å²) in [6.45, 7) is 13.1. The Bertz CT molecular complexity index is 941. The number of ether oxygens (including phenoxy) is 5. The van der Waals surface area contributed by atoms with Crippen LogP contribution in [0, 0.1) is 16.7 Å². The van der Waals surface area contributed by atoms with Gasteiger partial charge in [-0.2, -0.15) is 5.26 Å². The molecule has 0 aromatic carbocycles. The van der Waals surface area contributed by atoms with Crippen molar-refractivity contribution in [3.63, 3.8) is 0 Å². The summed E-state index contributed by atoms with van der Waals surface area (Å²) in [6.07, 6.45) is 0.0302. The number of carbonyl (C=O) groups excluding carboxylic acids is 2. The molecule has 200 valence electrons. The van der Waals surface area contributed by atoms with Crippen LogP contribution in [-0.4, -0.2) is 103 Å². The summed E-state index contributed by atoms with van der Waals surface area (Å²) in [5.74, 6) is -1.95. The van der Waals surface area contributed by atoms with E-state index < -0.39 is 36.0 Å². The van der Waals surface area contributed by atoms with Gasteiger partial charge in [0.25, 0.3) is 0 Å². The van der Waals surface area contributed by atoms with Crippen molar-refractivity contribution in [1.82, 2.24) is 15.1 Å². The van der Waals surface area contributed by atoms with Crippen LogP contribution >= 0.6 is 0 Å². The summed E-state index contributed by atoms with van der Waals surface area (Å²) in [4.78, 5) is 28.6. The van der Waals surface area contributed by atoms with E-state index in [0.29, 0.717) is 19.5 Å². The molecular formula is C25H38N4O7. The maximum Gasteiger partial charge on any atom is 0.509 e. The van der Waals surface area contributed by atoms with Gasteiger partial charge in [0.05, 0.1) is 25.8 Å². The van der Waals surface area contributed by atoms with Crippen LogP contribution in [0.1, 0.15) is 53.9 Å². The number of nitrogens with one attached hydrogen (secondary N) is 1. The van der Waals surface area contributed by atoms with Gasteiger partial charge in [0, 0.05) is 25.2 Å². The molecule has 5 aliphatic rings. The third-order valence-electron chi connectivity index (χ3n) is 8.16. The predicted molar refractivity (Wildman–Crippen MR) is 125 cm³/mol. The molecule has 5 heterocycles. The van der Waals surface area contributed by atoms with Crippen molar-refractivity contribution in [3.05, 3.63) is 0 Å². The number of hydrogen-bond acceptors (Lipinski definition) is 10. The molecule has 5 saturated heterocycles. The number of nitrogens with zero attached hydrogens (tertiary/aromatic N) is 3. The normalized spacial score (nSPS) is 38.6.